The molecular weight excluding hydrogens is 301 g/mol. The van der Waals surface area contributed by atoms with Crippen molar-refractivity contribution >= 4 is 33.4 Å². The molecule has 0 saturated carbocycles. The van der Waals surface area contributed by atoms with Crippen molar-refractivity contribution in [2.24, 2.45) is 0 Å². The van der Waals surface area contributed by atoms with Gasteiger partial charge in [-0.1, -0.05) is 28.1 Å². The summed E-state index contributed by atoms with van der Waals surface area (Å²) in [6, 6.07) is 12.8. The fourth-order valence-corrected chi connectivity index (χ4v) is 2.89. The molecule has 2 N–H and O–H groups in total. The lowest BCUT2D eigenvalue weighted by atomic mass is 10.2. The van der Waals surface area contributed by atoms with Gasteiger partial charge in [-0.2, -0.15) is 0 Å². The molecule has 2 rings (SSSR count). The van der Waals surface area contributed by atoms with Gasteiger partial charge in [-0.3, -0.25) is 0 Å². The molecule has 17 heavy (non-hydrogen) atoms. The maximum absolute atomic E-state index is 13.5. The third-order valence-corrected chi connectivity index (χ3v) is 3.80. The number of hydrogen-bond donors (Lipinski definition) is 1. The molecule has 0 aliphatic rings. The highest BCUT2D eigenvalue weighted by Crippen LogP contribution is 2.26. The van der Waals surface area contributed by atoms with Gasteiger partial charge in [0.15, 0.2) is 0 Å². The van der Waals surface area contributed by atoms with Crippen LogP contribution in [0.2, 0.25) is 0 Å². The first-order valence-electron chi connectivity index (χ1n) is 5.07. The molecule has 0 aliphatic carbocycles. The zero-order chi connectivity index (χ0) is 12.3. The van der Waals surface area contributed by atoms with Crippen molar-refractivity contribution in [1.29, 1.82) is 0 Å². The lowest BCUT2D eigenvalue weighted by Gasteiger charge is -2.04. The number of halogens is 2. The fraction of sp³-hybridized carbons (Fsp3) is 0.0769. The van der Waals surface area contributed by atoms with Crippen molar-refractivity contribution in [3.05, 3.63) is 58.3 Å². The van der Waals surface area contributed by atoms with E-state index in [0.29, 0.717) is 17.0 Å². The smallest absolute Gasteiger partial charge is 0.129 e. The number of thioether (sulfide) groups is 1. The van der Waals surface area contributed by atoms with Gasteiger partial charge in [-0.25, -0.2) is 4.39 Å². The van der Waals surface area contributed by atoms with E-state index in [1.54, 1.807) is 23.9 Å². The van der Waals surface area contributed by atoms with Gasteiger partial charge in [0.1, 0.15) is 5.82 Å². The van der Waals surface area contributed by atoms with Crippen LogP contribution in [0.25, 0.3) is 0 Å². The number of nitrogen functional groups attached to an aromatic ring is 1. The molecule has 0 fully saturated rings. The Morgan fingerprint density at radius 2 is 2.00 bits per heavy atom. The van der Waals surface area contributed by atoms with E-state index in [2.05, 4.69) is 15.9 Å². The predicted octanol–water partition coefficient (Wildman–Crippen LogP) is 4.46. The van der Waals surface area contributed by atoms with E-state index in [9.17, 15) is 4.39 Å². The molecule has 0 heterocycles. The van der Waals surface area contributed by atoms with E-state index in [1.165, 1.54) is 6.07 Å². The summed E-state index contributed by atoms with van der Waals surface area (Å²) in [5, 5.41) is 0. The van der Waals surface area contributed by atoms with Crippen molar-refractivity contribution < 1.29 is 4.39 Å². The Hall–Kier alpha value is -1.00. The fourth-order valence-electron chi connectivity index (χ4n) is 1.40. The summed E-state index contributed by atoms with van der Waals surface area (Å²) in [7, 11) is 0. The van der Waals surface area contributed by atoms with Crippen LogP contribution in [0.4, 0.5) is 10.1 Å². The summed E-state index contributed by atoms with van der Waals surface area (Å²) in [6.45, 7) is 0. The van der Waals surface area contributed by atoms with Gasteiger partial charge in [-0.15, -0.1) is 11.8 Å². The van der Waals surface area contributed by atoms with Gasteiger partial charge >= 0.3 is 0 Å². The molecule has 88 valence electrons. The van der Waals surface area contributed by atoms with E-state index in [-0.39, 0.29) is 5.82 Å². The van der Waals surface area contributed by atoms with Crippen LogP contribution in [0.3, 0.4) is 0 Å². The van der Waals surface area contributed by atoms with E-state index in [0.717, 1.165) is 9.37 Å². The molecule has 0 bridgehead atoms. The SMILES string of the molecule is Nc1ccc(CSc2cccc(Br)c2)c(F)c1. The van der Waals surface area contributed by atoms with Gasteiger partial charge in [0.25, 0.3) is 0 Å². The van der Waals surface area contributed by atoms with Crippen LogP contribution in [-0.4, -0.2) is 0 Å². The summed E-state index contributed by atoms with van der Waals surface area (Å²) in [5.41, 5.74) is 6.63. The molecule has 0 radical (unpaired) electrons. The summed E-state index contributed by atoms with van der Waals surface area (Å²) in [5.74, 6) is 0.357. The van der Waals surface area contributed by atoms with E-state index < -0.39 is 0 Å². The largest absolute Gasteiger partial charge is 0.399 e. The minimum absolute atomic E-state index is 0.243. The van der Waals surface area contributed by atoms with Crippen LogP contribution in [0.5, 0.6) is 0 Å². The van der Waals surface area contributed by atoms with Crippen LogP contribution in [0.15, 0.2) is 51.8 Å². The summed E-state index contributed by atoms with van der Waals surface area (Å²) >= 11 is 5.01. The molecule has 0 aliphatic heterocycles. The molecule has 1 nitrogen and oxygen atoms in total. The normalized spacial score (nSPS) is 10.5. The van der Waals surface area contributed by atoms with E-state index in [4.69, 9.17) is 5.73 Å². The number of rotatable bonds is 3. The Balaban J connectivity index is 2.07. The van der Waals surface area contributed by atoms with Crippen molar-refractivity contribution in [3.63, 3.8) is 0 Å². The third-order valence-electron chi connectivity index (χ3n) is 2.27. The highest BCUT2D eigenvalue weighted by molar-refractivity contribution is 9.10. The van der Waals surface area contributed by atoms with Crippen molar-refractivity contribution in [1.82, 2.24) is 0 Å². The first-order chi connectivity index (χ1) is 8.15. The molecule has 2 aromatic carbocycles. The molecule has 0 unspecified atom stereocenters. The molecule has 0 aromatic heterocycles. The second-order valence-electron chi connectivity index (χ2n) is 3.60. The maximum Gasteiger partial charge on any atom is 0.129 e. The molecule has 2 aromatic rings. The highest BCUT2D eigenvalue weighted by atomic mass is 79.9. The Bertz CT molecular complexity index is 531. The van der Waals surface area contributed by atoms with Gasteiger partial charge in [0, 0.05) is 20.8 Å². The summed E-state index contributed by atoms with van der Waals surface area (Å²) in [4.78, 5) is 1.11. The van der Waals surface area contributed by atoms with Crippen LogP contribution in [0.1, 0.15) is 5.56 Å². The molecule has 0 atom stereocenters. The van der Waals surface area contributed by atoms with Gasteiger partial charge < -0.3 is 5.73 Å². The summed E-state index contributed by atoms with van der Waals surface area (Å²) < 4.78 is 14.6. The van der Waals surface area contributed by atoms with Crippen LogP contribution >= 0.6 is 27.7 Å². The number of hydrogen-bond acceptors (Lipinski definition) is 2. The Morgan fingerprint density at radius 3 is 2.71 bits per heavy atom. The number of nitrogens with two attached hydrogens (primary N) is 1. The summed E-state index contributed by atoms with van der Waals surface area (Å²) in [6.07, 6.45) is 0. The quantitative estimate of drug-likeness (QED) is 0.669. The predicted molar refractivity (Wildman–Crippen MR) is 74.5 cm³/mol. The first kappa shape index (κ1) is 12.5. The third kappa shape index (κ3) is 3.48. The number of benzene rings is 2. The molecule has 4 heteroatoms. The Labute approximate surface area is 112 Å². The average Bonchev–Trinajstić information content (AvgIpc) is 2.28. The zero-order valence-electron chi connectivity index (χ0n) is 8.99. The first-order valence-corrected chi connectivity index (χ1v) is 6.85. The second-order valence-corrected chi connectivity index (χ2v) is 5.56. The average molecular weight is 312 g/mol. The van der Waals surface area contributed by atoms with Gasteiger partial charge in [0.05, 0.1) is 0 Å². The topological polar surface area (TPSA) is 26.0 Å². The van der Waals surface area contributed by atoms with Gasteiger partial charge in [-0.05, 0) is 35.9 Å². The van der Waals surface area contributed by atoms with Crippen molar-refractivity contribution in [3.8, 4) is 0 Å². The van der Waals surface area contributed by atoms with E-state index in [1.807, 2.05) is 24.3 Å². The molecular formula is C13H11BrFNS. The number of anilines is 1. The highest BCUT2D eigenvalue weighted by Gasteiger charge is 2.03. The van der Waals surface area contributed by atoms with Crippen LogP contribution < -0.4 is 5.73 Å². The lowest BCUT2D eigenvalue weighted by Crippen LogP contribution is -1.91. The lowest BCUT2D eigenvalue weighted by molar-refractivity contribution is 0.618. The standard InChI is InChI=1S/C13H11BrFNS/c14-10-2-1-3-12(6-10)17-8-9-4-5-11(16)7-13(9)15/h1-7H,8,16H2. The minimum Gasteiger partial charge on any atom is -0.399 e. The Kier molecular flexibility index (Phi) is 4.07. The molecule has 0 saturated heterocycles. The minimum atomic E-state index is -0.243. The van der Waals surface area contributed by atoms with Gasteiger partial charge in [0.2, 0.25) is 0 Å². The van der Waals surface area contributed by atoms with Crippen molar-refractivity contribution in [2.75, 3.05) is 5.73 Å². The monoisotopic (exact) mass is 311 g/mol. The Morgan fingerprint density at radius 1 is 1.18 bits per heavy atom. The van der Waals surface area contributed by atoms with Crippen LogP contribution in [-0.2, 0) is 5.75 Å². The maximum atomic E-state index is 13.5. The molecule has 0 amide bonds. The zero-order valence-corrected chi connectivity index (χ0v) is 11.4. The molecule has 0 spiro atoms. The van der Waals surface area contributed by atoms with E-state index >= 15 is 0 Å². The van der Waals surface area contributed by atoms with Crippen LogP contribution in [0, 0.1) is 5.82 Å². The van der Waals surface area contributed by atoms with Crippen molar-refractivity contribution in [2.45, 2.75) is 10.6 Å². The second kappa shape index (κ2) is 5.56.